The van der Waals surface area contributed by atoms with Gasteiger partial charge in [-0.25, -0.2) is 4.39 Å². The van der Waals surface area contributed by atoms with Gasteiger partial charge in [0.1, 0.15) is 5.82 Å². The van der Waals surface area contributed by atoms with Gasteiger partial charge in [-0.3, -0.25) is 4.79 Å². The minimum Gasteiger partial charge on any atom is -0.361 e. The molecule has 17 heavy (non-hydrogen) atoms. The summed E-state index contributed by atoms with van der Waals surface area (Å²) in [7, 11) is 0. The highest BCUT2D eigenvalue weighted by Gasteiger charge is 2.15. The Balaban J connectivity index is 2.62. The van der Waals surface area contributed by atoms with Crippen LogP contribution in [0.25, 0.3) is 10.9 Å². The molecule has 2 aromatic rings. The maximum Gasteiger partial charge on any atom is 0.217 e. The number of hydrogen-bond acceptors (Lipinski definition) is 2. The van der Waals surface area contributed by atoms with E-state index in [0.717, 1.165) is 22.0 Å². The molecule has 0 saturated heterocycles. The van der Waals surface area contributed by atoms with Crippen molar-refractivity contribution >= 4 is 33.1 Å². The molecule has 1 aromatic carbocycles. The van der Waals surface area contributed by atoms with Crippen molar-refractivity contribution in [1.82, 2.24) is 4.98 Å². The molecule has 0 unspecified atom stereocenters. The molecule has 0 saturated carbocycles. The van der Waals surface area contributed by atoms with Crippen molar-refractivity contribution in [2.45, 2.75) is 19.4 Å². The summed E-state index contributed by atoms with van der Waals surface area (Å²) in [6.07, 6.45) is 3.81. The molecular weight excluding hydrogens is 287 g/mol. The fourth-order valence-corrected chi connectivity index (χ4v) is 2.48. The lowest BCUT2D eigenvalue weighted by Crippen LogP contribution is -2.23. The number of H-pyrrole nitrogens is 1. The van der Waals surface area contributed by atoms with Crippen LogP contribution in [-0.2, 0) is 11.2 Å². The van der Waals surface area contributed by atoms with Gasteiger partial charge in [0.25, 0.3) is 0 Å². The maximum atomic E-state index is 13.6. The van der Waals surface area contributed by atoms with Crippen molar-refractivity contribution in [2.24, 2.45) is 5.73 Å². The van der Waals surface area contributed by atoms with Crippen LogP contribution in [0.5, 0.6) is 0 Å². The molecule has 0 bridgehead atoms. The van der Waals surface area contributed by atoms with E-state index in [1.807, 2.05) is 6.92 Å². The normalized spacial score (nSPS) is 12.9. The van der Waals surface area contributed by atoms with Crippen LogP contribution in [0.1, 0.15) is 11.1 Å². The Morgan fingerprint density at radius 2 is 2.35 bits per heavy atom. The number of benzene rings is 1. The third-order valence-electron chi connectivity index (χ3n) is 2.72. The Labute approximate surface area is 106 Å². The maximum absolute atomic E-state index is 13.6. The van der Waals surface area contributed by atoms with Crippen molar-refractivity contribution < 1.29 is 9.18 Å². The van der Waals surface area contributed by atoms with Gasteiger partial charge in [-0.15, -0.1) is 0 Å². The largest absolute Gasteiger partial charge is 0.361 e. The van der Waals surface area contributed by atoms with E-state index in [2.05, 4.69) is 20.9 Å². The molecule has 5 heteroatoms. The number of aromatic nitrogens is 1. The molecule has 1 radical (unpaired) electrons. The topological polar surface area (TPSA) is 58.9 Å². The second-order valence-corrected chi connectivity index (χ2v) is 4.77. The lowest BCUT2D eigenvalue weighted by molar-refractivity contribution is 0.541. The van der Waals surface area contributed by atoms with Gasteiger partial charge in [0.15, 0.2) is 0 Å². The summed E-state index contributed by atoms with van der Waals surface area (Å²) in [5.74, 6) is -0.320. The van der Waals surface area contributed by atoms with Gasteiger partial charge in [0.2, 0.25) is 6.29 Å². The fourth-order valence-electron chi connectivity index (χ4n) is 1.91. The number of hydrogen-bond donors (Lipinski definition) is 2. The number of carbonyl (C=O) groups excluding carboxylic acids is 1. The number of halogens is 2. The van der Waals surface area contributed by atoms with Gasteiger partial charge in [0, 0.05) is 17.1 Å². The molecule has 0 aliphatic heterocycles. The third kappa shape index (κ3) is 2.12. The predicted octanol–water partition coefficient (Wildman–Crippen LogP) is 2.36. The first kappa shape index (κ1) is 12.3. The van der Waals surface area contributed by atoms with Crippen LogP contribution in [0.15, 0.2) is 16.7 Å². The van der Waals surface area contributed by atoms with Crippen molar-refractivity contribution in [3.8, 4) is 0 Å². The van der Waals surface area contributed by atoms with Gasteiger partial charge >= 0.3 is 0 Å². The molecule has 1 aromatic heterocycles. The second-order valence-electron chi connectivity index (χ2n) is 3.98. The Bertz CT molecular complexity index is 579. The van der Waals surface area contributed by atoms with E-state index >= 15 is 0 Å². The number of rotatable bonds is 3. The third-order valence-corrected chi connectivity index (χ3v) is 3.50. The average molecular weight is 298 g/mol. The summed E-state index contributed by atoms with van der Waals surface area (Å²) in [4.78, 5) is 13.5. The van der Waals surface area contributed by atoms with Crippen LogP contribution in [0.2, 0.25) is 0 Å². The number of nitrogens with one attached hydrogen (secondary N) is 1. The molecule has 3 nitrogen and oxygen atoms in total. The number of fused-ring (bicyclic) bond motifs is 1. The molecule has 3 N–H and O–H groups in total. The lowest BCUT2D eigenvalue weighted by atomic mass is 10.0. The minimum atomic E-state index is -0.690. The van der Waals surface area contributed by atoms with Crippen LogP contribution in [-0.4, -0.2) is 17.3 Å². The van der Waals surface area contributed by atoms with Crippen LogP contribution in [0.4, 0.5) is 4.39 Å². The lowest BCUT2D eigenvalue weighted by Gasteiger charge is -2.05. The summed E-state index contributed by atoms with van der Waals surface area (Å²) >= 11 is 3.22. The smallest absolute Gasteiger partial charge is 0.217 e. The van der Waals surface area contributed by atoms with Crippen LogP contribution >= 0.6 is 15.9 Å². The summed E-state index contributed by atoms with van der Waals surface area (Å²) in [5.41, 5.74) is 8.01. The summed E-state index contributed by atoms with van der Waals surface area (Å²) in [5, 5.41) is 0.744. The van der Waals surface area contributed by atoms with Gasteiger partial charge < -0.3 is 10.7 Å². The van der Waals surface area contributed by atoms with Gasteiger partial charge in [-0.1, -0.05) is 0 Å². The first-order chi connectivity index (χ1) is 8.04. The van der Waals surface area contributed by atoms with E-state index in [-0.39, 0.29) is 5.82 Å². The number of nitrogens with two attached hydrogens (primary N) is 1. The Hall–Kier alpha value is -1.20. The first-order valence-corrected chi connectivity index (χ1v) is 5.91. The fraction of sp³-hybridized carbons (Fsp3) is 0.250. The number of aryl methyl sites for hydroxylation is 1. The van der Waals surface area contributed by atoms with E-state index in [0.29, 0.717) is 10.9 Å². The zero-order valence-corrected chi connectivity index (χ0v) is 10.8. The van der Waals surface area contributed by atoms with Crippen molar-refractivity contribution in [1.29, 1.82) is 0 Å². The zero-order valence-electron chi connectivity index (χ0n) is 9.18. The number of aromatic amines is 1. The molecule has 1 atom stereocenters. The van der Waals surface area contributed by atoms with Gasteiger partial charge in [-0.05, 0) is 46.5 Å². The van der Waals surface area contributed by atoms with E-state index in [1.54, 1.807) is 12.5 Å². The van der Waals surface area contributed by atoms with Crippen molar-refractivity contribution in [3.05, 3.63) is 33.7 Å². The van der Waals surface area contributed by atoms with E-state index in [1.165, 1.54) is 6.07 Å². The second kappa shape index (κ2) is 4.58. The Morgan fingerprint density at radius 3 is 3.00 bits per heavy atom. The molecule has 1 heterocycles. The Morgan fingerprint density at radius 1 is 1.65 bits per heavy atom. The van der Waals surface area contributed by atoms with Crippen molar-refractivity contribution in [3.63, 3.8) is 0 Å². The zero-order chi connectivity index (χ0) is 12.6. The van der Waals surface area contributed by atoms with E-state index < -0.39 is 6.04 Å². The van der Waals surface area contributed by atoms with Crippen LogP contribution < -0.4 is 5.73 Å². The molecule has 0 amide bonds. The SMILES string of the molecule is Cc1cc(F)c(Br)c2c(C[C@H](N)[C]=O)c[nH]c12. The van der Waals surface area contributed by atoms with Crippen molar-refractivity contribution in [2.75, 3.05) is 0 Å². The standard InChI is InChI=1S/C12H11BrFN2O/c1-6-2-9(14)11(13)10-7(3-8(15)5-17)4-16-12(6)10/h2,4,8,16H,3,15H2,1H3/t8-/m0/s1. The molecule has 89 valence electrons. The highest BCUT2D eigenvalue weighted by molar-refractivity contribution is 9.10. The van der Waals surface area contributed by atoms with Gasteiger partial charge in [0.05, 0.1) is 10.5 Å². The van der Waals surface area contributed by atoms with Crippen LogP contribution in [0.3, 0.4) is 0 Å². The molecule has 0 fully saturated rings. The first-order valence-electron chi connectivity index (χ1n) is 5.12. The molecule has 0 aliphatic rings. The van der Waals surface area contributed by atoms with E-state index in [9.17, 15) is 9.18 Å². The molecular formula is C12H11BrFN2O. The minimum absolute atomic E-state index is 0.320. The summed E-state index contributed by atoms with van der Waals surface area (Å²) < 4.78 is 14.0. The van der Waals surface area contributed by atoms with Crippen LogP contribution in [0, 0.1) is 12.7 Å². The molecule has 2 rings (SSSR count). The molecule has 0 aliphatic carbocycles. The Kier molecular flexibility index (Phi) is 3.31. The molecule has 0 spiro atoms. The van der Waals surface area contributed by atoms with Gasteiger partial charge in [-0.2, -0.15) is 0 Å². The summed E-state index contributed by atoms with van der Waals surface area (Å²) in [6.45, 7) is 1.82. The quantitative estimate of drug-likeness (QED) is 0.914. The highest BCUT2D eigenvalue weighted by atomic mass is 79.9. The average Bonchev–Trinajstić information content (AvgIpc) is 2.70. The van der Waals surface area contributed by atoms with E-state index in [4.69, 9.17) is 5.73 Å². The predicted molar refractivity (Wildman–Crippen MR) is 68.1 cm³/mol. The highest BCUT2D eigenvalue weighted by Crippen LogP contribution is 2.32. The summed E-state index contributed by atoms with van der Waals surface area (Å²) in [6, 6.07) is 0.767. The monoisotopic (exact) mass is 297 g/mol.